The number of benzene rings is 1. The average Bonchev–Trinajstić information content (AvgIpc) is 3.06. The maximum Gasteiger partial charge on any atom is 0.319 e. The van der Waals surface area contributed by atoms with E-state index in [2.05, 4.69) is 24.5 Å². The number of ether oxygens (including phenoxy) is 2. The number of hydrogen-bond acceptors (Lipinski definition) is 4. The number of hydrogen-bond donors (Lipinski definition) is 2. The van der Waals surface area contributed by atoms with Crippen molar-refractivity contribution in [2.75, 3.05) is 19.5 Å². The zero-order valence-corrected chi connectivity index (χ0v) is 15.6. The molecular weight excluding hydrogens is 348 g/mol. The zero-order valence-electron chi connectivity index (χ0n) is 14.1. The van der Waals surface area contributed by atoms with Gasteiger partial charge in [-0.1, -0.05) is 31.5 Å². The minimum absolute atomic E-state index is 0.0651. The SMILES string of the molecule is COc1cc(OC)c(NC(=O)NC(c2cccs2)C(C)C)cc1Cl. The lowest BCUT2D eigenvalue weighted by Gasteiger charge is -2.22. The summed E-state index contributed by atoms with van der Waals surface area (Å²) in [5.41, 5.74) is 0.481. The van der Waals surface area contributed by atoms with Gasteiger partial charge < -0.3 is 20.1 Å². The summed E-state index contributed by atoms with van der Waals surface area (Å²) in [7, 11) is 3.04. The first kappa shape index (κ1) is 18.4. The quantitative estimate of drug-likeness (QED) is 0.759. The molecule has 0 aliphatic heterocycles. The fourth-order valence-electron chi connectivity index (χ4n) is 2.29. The summed E-state index contributed by atoms with van der Waals surface area (Å²) in [5, 5.41) is 8.18. The van der Waals surface area contributed by atoms with Gasteiger partial charge >= 0.3 is 6.03 Å². The number of urea groups is 1. The molecule has 0 aliphatic rings. The molecule has 2 rings (SSSR count). The largest absolute Gasteiger partial charge is 0.495 e. The highest BCUT2D eigenvalue weighted by Gasteiger charge is 2.20. The number of halogens is 1. The fourth-order valence-corrected chi connectivity index (χ4v) is 3.48. The molecule has 7 heteroatoms. The highest BCUT2D eigenvalue weighted by atomic mass is 35.5. The van der Waals surface area contributed by atoms with E-state index in [1.54, 1.807) is 23.5 Å². The lowest BCUT2D eigenvalue weighted by Crippen LogP contribution is -2.34. The molecular formula is C17H21ClN2O3S. The van der Waals surface area contributed by atoms with Gasteiger partial charge in [-0.25, -0.2) is 4.79 Å². The summed E-state index contributed by atoms with van der Waals surface area (Å²) < 4.78 is 10.4. The van der Waals surface area contributed by atoms with Crippen LogP contribution in [0, 0.1) is 5.92 Å². The Bertz CT molecular complexity index is 689. The van der Waals surface area contributed by atoms with Crippen molar-refractivity contribution in [1.29, 1.82) is 0 Å². The van der Waals surface area contributed by atoms with Gasteiger partial charge in [0.15, 0.2) is 0 Å². The van der Waals surface area contributed by atoms with E-state index in [1.807, 2.05) is 17.5 Å². The number of carbonyl (C=O) groups excluding carboxylic acids is 1. The van der Waals surface area contributed by atoms with Gasteiger partial charge in [-0.05, 0) is 23.4 Å². The molecule has 24 heavy (non-hydrogen) atoms. The third-order valence-corrected chi connectivity index (χ3v) is 4.78. The van der Waals surface area contributed by atoms with Gasteiger partial charge in [0.05, 0.1) is 31.0 Å². The van der Waals surface area contributed by atoms with E-state index in [9.17, 15) is 4.79 Å². The molecule has 0 spiro atoms. The molecule has 1 aromatic carbocycles. The second-order valence-electron chi connectivity index (χ2n) is 5.52. The van der Waals surface area contributed by atoms with Crippen molar-refractivity contribution in [2.24, 2.45) is 5.92 Å². The van der Waals surface area contributed by atoms with E-state index in [1.165, 1.54) is 14.2 Å². The molecule has 2 amide bonds. The first-order valence-corrected chi connectivity index (χ1v) is 8.74. The minimum Gasteiger partial charge on any atom is -0.495 e. The van der Waals surface area contributed by atoms with Crippen molar-refractivity contribution in [2.45, 2.75) is 19.9 Å². The first-order chi connectivity index (χ1) is 11.5. The summed E-state index contributed by atoms with van der Waals surface area (Å²) in [6, 6.07) is 6.85. The number of carbonyl (C=O) groups is 1. The number of amides is 2. The minimum atomic E-state index is -0.318. The van der Waals surface area contributed by atoms with Crippen molar-refractivity contribution < 1.29 is 14.3 Å². The van der Waals surface area contributed by atoms with E-state index >= 15 is 0 Å². The van der Waals surface area contributed by atoms with Crippen LogP contribution >= 0.6 is 22.9 Å². The molecule has 0 saturated heterocycles. The molecule has 5 nitrogen and oxygen atoms in total. The Hall–Kier alpha value is -1.92. The van der Waals surface area contributed by atoms with Crippen LogP contribution in [-0.2, 0) is 0 Å². The summed E-state index contributed by atoms with van der Waals surface area (Å²) in [6.07, 6.45) is 0. The Labute approximate surface area is 150 Å². The Balaban J connectivity index is 2.15. The monoisotopic (exact) mass is 368 g/mol. The maximum absolute atomic E-state index is 12.4. The predicted molar refractivity (Wildman–Crippen MR) is 98.6 cm³/mol. The molecule has 0 radical (unpaired) electrons. The van der Waals surface area contributed by atoms with Crippen LogP contribution in [0.5, 0.6) is 11.5 Å². The standard InChI is InChI=1S/C17H21ClN2O3S/c1-10(2)16(15-6-5-7-24-15)20-17(21)19-12-8-11(18)13(22-3)9-14(12)23-4/h5-10,16H,1-4H3,(H2,19,20,21). The van der Waals surface area contributed by atoms with Crippen LogP contribution in [0.2, 0.25) is 5.02 Å². The van der Waals surface area contributed by atoms with Crippen LogP contribution in [0.15, 0.2) is 29.6 Å². The topological polar surface area (TPSA) is 59.6 Å². The fraction of sp³-hybridized carbons (Fsp3) is 0.353. The number of rotatable bonds is 6. The molecule has 0 aliphatic carbocycles. The van der Waals surface area contributed by atoms with Crippen LogP contribution in [0.1, 0.15) is 24.8 Å². The van der Waals surface area contributed by atoms with Crippen molar-refractivity contribution in [3.63, 3.8) is 0 Å². The van der Waals surface area contributed by atoms with E-state index in [4.69, 9.17) is 21.1 Å². The van der Waals surface area contributed by atoms with Crippen molar-refractivity contribution in [3.05, 3.63) is 39.5 Å². The summed E-state index contributed by atoms with van der Waals surface area (Å²) in [6.45, 7) is 4.13. The smallest absolute Gasteiger partial charge is 0.319 e. The van der Waals surface area contributed by atoms with Crippen LogP contribution in [0.25, 0.3) is 0 Å². The number of methoxy groups -OCH3 is 2. The molecule has 0 saturated carbocycles. The molecule has 0 bridgehead atoms. The first-order valence-electron chi connectivity index (χ1n) is 7.48. The lowest BCUT2D eigenvalue weighted by atomic mass is 10.0. The summed E-state index contributed by atoms with van der Waals surface area (Å²) in [4.78, 5) is 13.5. The lowest BCUT2D eigenvalue weighted by molar-refractivity contribution is 0.245. The molecule has 2 aromatic rings. The second kappa shape index (κ2) is 8.26. The second-order valence-corrected chi connectivity index (χ2v) is 6.91. The zero-order chi connectivity index (χ0) is 17.7. The average molecular weight is 369 g/mol. The molecule has 2 N–H and O–H groups in total. The van der Waals surface area contributed by atoms with Crippen LogP contribution in [0.3, 0.4) is 0 Å². The molecule has 0 fully saturated rings. The summed E-state index contributed by atoms with van der Waals surface area (Å²) in [5.74, 6) is 1.22. The Kier molecular flexibility index (Phi) is 6.34. The van der Waals surface area contributed by atoms with Crippen LogP contribution in [0.4, 0.5) is 10.5 Å². The summed E-state index contributed by atoms with van der Waals surface area (Å²) >= 11 is 7.75. The third kappa shape index (κ3) is 4.33. The number of anilines is 1. The normalized spacial score (nSPS) is 11.9. The highest BCUT2D eigenvalue weighted by molar-refractivity contribution is 7.10. The van der Waals surface area contributed by atoms with Gasteiger partial charge in [0.2, 0.25) is 0 Å². The molecule has 1 aromatic heterocycles. The Morgan fingerprint density at radius 2 is 1.92 bits per heavy atom. The molecule has 1 atom stereocenters. The maximum atomic E-state index is 12.4. The number of thiophene rings is 1. The Morgan fingerprint density at radius 3 is 2.46 bits per heavy atom. The van der Waals surface area contributed by atoms with Crippen LogP contribution in [-0.4, -0.2) is 20.3 Å². The number of nitrogens with one attached hydrogen (secondary N) is 2. The molecule has 130 valence electrons. The van der Waals surface area contributed by atoms with E-state index in [-0.39, 0.29) is 18.0 Å². The van der Waals surface area contributed by atoms with Gasteiger partial charge in [0, 0.05) is 10.9 Å². The van der Waals surface area contributed by atoms with Gasteiger partial charge in [-0.2, -0.15) is 0 Å². The van der Waals surface area contributed by atoms with E-state index in [0.29, 0.717) is 22.2 Å². The van der Waals surface area contributed by atoms with Crippen molar-refractivity contribution in [3.8, 4) is 11.5 Å². The highest BCUT2D eigenvalue weighted by Crippen LogP contribution is 2.36. The molecule has 1 heterocycles. The van der Waals surface area contributed by atoms with Crippen molar-refractivity contribution >= 4 is 34.7 Å². The van der Waals surface area contributed by atoms with E-state index < -0.39 is 0 Å². The van der Waals surface area contributed by atoms with E-state index in [0.717, 1.165) is 4.88 Å². The van der Waals surface area contributed by atoms with Gasteiger partial charge in [0.25, 0.3) is 0 Å². The Morgan fingerprint density at radius 1 is 1.21 bits per heavy atom. The molecule has 1 unspecified atom stereocenters. The third-order valence-electron chi connectivity index (χ3n) is 3.53. The van der Waals surface area contributed by atoms with Gasteiger partial charge in [-0.3, -0.25) is 0 Å². The van der Waals surface area contributed by atoms with Gasteiger partial charge in [0.1, 0.15) is 11.5 Å². The van der Waals surface area contributed by atoms with Crippen molar-refractivity contribution in [1.82, 2.24) is 5.32 Å². The van der Waals surface area contributed by atoms with Gasteiger partial charge in [-0.15, -0.1) is 11.3 Å². The predicted octanol–water partition coefficient (Wildman–Crippen LogP) is 4.94. The van der Waals surface area contributed by atoms with Crippen LogP contribution < -0.4 is 20.1 Å².